The first-order valence-electron chi connectivity index (χ1n) is 4.50. The molecule has 1 aromatic carbocycles. The van der Waals surface area contributed by atoms with Gasteiger partial charge in [0.1, 0.15) is 0 Å². The number of rotatable bonds is 3. The number of hydrogen-bond acceptors (Lipinski definition) is 6. The number of nitro benzene ring substituents is 1. The molecule has 0 bridgehead atoms. The first-order valence-corrected chi connectivity index (χ1v) is 6.81. The Morgan fingerprint density at radius 3 is 2.33 bits per heavy atom. The molecule has 2 aromatic rings. The SMILES string of the molecule is O=[N+]([O-])c1ccc(-c2n[nH]c(S(=O)(=O)Cl)n2)cc1. The molecule has 0 aliphatic heterocycles. The largest absolute Gasteiger partial charge is 0.296 e. The van der Waals surface area contributed by atoms with Crippen molar-refractivity contribution < 1.29 is 13.3 Å². The maximum Gasteiger partial charge on any atom is 0.296 e. The van der Waals surface area contributed by atoms with Crippen LogP contribution in [0.1, 0.15) is 0 Å². The summed E-state index contributed by atoms with van der Waals surface area (Å²) in [5, 5.41) is 15.8. The molecule has 0 spiro atoms. The molecule has 0 unspecified atom stereocenters. The van der Waals surface area contributed by atoms with Crippen LogP contribution < -0.4 is 0 Å². The van der Waals surface area contributed by atoms with Gasteiger partial charge in [-0.3, -0.25) is 10.1 Å². The average Bonchev–Trinajstić information content (AvgIpc) is 2.78. The van der Waals surface area contributed by atoms with Gasteiger partial charge in [0.2, 0.25) is 0 Å². The summed E-state index contributed by atoms with van der Waals surface area (Å²) < 4.78 is 21.9. The average molecular weight is 289 g/mol. The zero-order valence-corrected chi connectivity index (χ0v) is 10.1. The molecule has 0 atom stereocenters. The lowest BCUT2D eigenvalue weighted by atomic mass is 10.2. The van der Waals surface area contributed by atoms with Gasteiger partial charge in [0, 0.05) is 28.4 Å². The lowest BCUT2D eigenvalue weighted by Gasteiger charge is -1.94. The third-order valence-corrected chi connectivity index (χ3v) is 3.12. The Morgan fingerprint density at radius 2 is 1.89 bits per heavy atom. The van der Waals surface area contributed by atoms with Crippen LogP contribution in [0.4, 0.5) is 5.69 Å². The Kier molecular flexibility index (Phi) is 3.01. The summed E-state index contributed by atoms with van der Waals surface area (Å²) in [6, 6.07) is 5.35. The van der Waals surface area contributed by atoms with Crippen molar-refractivity contribution >= 4 is 25.4 Å². The second kappa shape index (κ2) is 4.35. The number of non-ortho nitro benzene ring substituents is 1. The van der Waals surface area contributed by atoms with Gasteiger partial charge >= 0.3 is 0 Å². The second-order valence-corrected chi connectivity index (χ2v) is 5.69. The number of benzene rings is 1. The van der Waals surface area contributed by atoms with Crippen molar-refractivity contribution in [1.29, 1.82) is 0 Å². The third kappa shape index (κ3) is 2.46. The van der Waals surface area contributed by atoms with E-state index < -0.39 is 19.1 Å². The predicted molar refractivity (Wildman–Crippen MR) is 61.5 cm³/mol. The molecule has 18 heavy (non-hydrogen) atoms. The normalized spacial score (nSPS) is 11.4. The number of nitro groups is 1. The molecule has 1 heterocycles. The number of nitrogens with one attached hydrogen (secondary N) is 1. The van der Waals surface area contributed by atoms with Gasteiger partial charge < -0.3 is 0 Å². The molecule has 10 heteroatoms. The van der Waals surface area contributed by atoms with E-state index in [4.69, 9.17) is 10.7 Å². The zero-order chi connectivity index (χ0) is 13.3. The van der Waals surface area contributed by atoms with Crippen molar-refractivity contribution in [2.24, 2.45) is 0 Å². The molecule has 1 N–H and O–H groups in total. The van der Waals surface area contributed by atoms with Crippen LogP contribution in [0.2, 0.25) is 0 Å². The summed E-state index contributed by atoms with van der Waals surface area (Å²) in [5.41, 5.74) is 0.350. The fourth-order valence-corrected chi connectivity index (χ4v) is 1.77. The summed E-state index contributed by atoms with van der Waals surface area (Å²) in [4.78, 5) is 13.6. The van der Waals surface area contributed by atoms with Crippen molar-refractivity contribution in [2.45, 2.75) is 5.16 Å². The lowest BCUT2D eigenvalue weighted by molar-refractivity contribution is -0.384. The fourth-order valence-electron chi connectivity index (χ4n) is 1.22. The summed E-state index contributed by atoms with van der Waals surface area (Å²) in [7, 11) is 1.10. The van der Waals surface area contributed by atoms with Crippen molar-refractivity contribution in [3.63, 3.8) is 0 Å². The highest BCUT2D eigenvalue weighted by atomic mass is 35.7. The highest BCUT2D eigenvalue weighted by Crippen LogP contribution is 2.20. The Balaban J connectivity index is 2.38. The molecule has 0 saturated carbocycles. The van der Waals surface area contributed by atoms with Gasteiger partial charge in [0.25, 0.3) is 19.9 Å². The van der Waals surface area contributed by atoms with E-state index in [1.54, 1.807) is 0 Å². The number of nitrogens with zero attached hydrogens (tertiary/aromatic N) is 3. The Morgan fingerprint density at radius 1 is 1.28 bits per heavy atom. The van der Waals surface area contributed by atoms with Crippen LogP contribution >= 0.6 is 10.7 Å². The molecule has 0 amide bonds. The minimum absolute atomic E-state index is 0.0838. The van der Waals surface area contributed by atoms with Crippen LogP contribution in [0.25, 0.3) is 11.4 Å². The standard InChI is InChI=1S/C8H5ClN4O4S/c9-18(16,17)8-10-7(11-12-8)5-1-3-6(4-2-5)13(14)15/h1-4H,(H,10,11,12). The van der Waals surface area contributed by atoms with Gasteiger partial charge in [-0.05, 0) is 12.1 Å². The number of H-pyrrole nitrogens is 1. The number of aromatic nitrogens is 3. The van der Waals surface area contributed by atoms with E-state index in [0.29, 0.717) is 5.56 Å². The van der Waals surface area contributed by atoms with Crippen LogP contribution in [0.5, 0.6) is 0 Å². The number of halogens is 1. The smallest absolute Gasteiger partial charge is 0.258 e. The topological polar surface area (TPSA) is 119 Å². The highest BCUT2D eigenvalue weighted by molar-refractivity contribution is 8.13. The molecule has 0 radical (unpaired) electrons. The molecule has 0 aliphatic carbocycles. The van der Waals surface area contributed by atoms with Gasteiger partial charge in [-0.25, -0.2) is 13.5 Å². The first kappa shape index (κ1) is 12.5. The monoisotopic (exact) mass is 288 g/mol. The maximum atomic E-state index is 11.0. The van der Waals surface area contributed by atoms with E-state index in [1.165, 1.54) is 24.3 Å². The molecular weight excluding hydrogens is 284 g/mol. The summed E-state index contributed by atoms with van der Waals surface area (Å²) in [6.07, 6.45) is 0. The van der Waals surface area contributed by atoms with Crippen LogP contribution in [0.15, 0.2) is 29.4 Å². The lowest BCUT2D eigenvalue weighted by Crippen LogP contribution is -1.92. The maximum absolute atomic E-state index is 11.0. The molecule has 0 fully saturated rings. The molecule has 0 saturated heterocycles. The van der Waals surface area contributed by atoms with Gasteiger partial charge in [-0.2, -0.15) is 10.1 Å². The van der Waals surface area contributed by atoms with Crippen molar-refractivity contribution in [3.05, 3.63) is 34.4 Å². The Hall–Kier alpha value is -2.00. The summed E-state index contributed by atoms with van der Waals surface area (Å²) in [6.45, 7) is 0. The quantitative estimate of drug-likeness (QED) is 0.516. The Labute approximate surface area is 105 Å². The van der Waals surface area contributed by atoms with Crippen LogP contribution in [-0.4, -0.2) is 28.5 Å². The summed E-state index contributed by atoms with van der Waals surface area (Å²) in [5.74, 6) is 0.0872. The second-order valence-electron chi connectivity index (χ2n) is 3.21. The predicted octanol–water partition coefficient (Wildman–Crippen LogP) is 1.31. The zero-order valence-electron chi connectivity index (χ0n) is 8.57. The van der Waals surface area contributed by atoms with Crippen molar-refractivity contribution in [1.82, 2.24) is 15.2 Å². The molecular formula is C8H5ClN4O4S. The minimum Gasteiger partial charge on any atom is -0.258 e. The highest BCUT2D eigenvalue weighted by Gasteiger charge is 2.17. The fraction of sp³-hybridized carbons (Fsp3) is 0. The van der Waals surface area contributed by atoms with Gasteiger partial charge in [0.15, 0.2) is 5.82 Å². The summed E-state index contributed by atoms with van der Waals surface area (Å²) >= 11 is 0. The van der Waals surface area contributed by atoms with E-state index >= 15 is 0 Å². The van der Waals surface area contributed by atoms with E-state index in [1.807, 2.05) is 0 Å². The van der Waals surface area contributed by atoms with E-state index in [0.717, 1.165) is 0 Å². The van der Waals surface area contributed by atoms with Crippen molar-refractivity contribution in [3.8, 4) is 11.4 Å². The minimum atomic E-state index is -3.98. The molecule has 0 aliphatic rings. The number of aromatic amines is 1. The molecule has 1 aromatic heterocycles. The van der Waals surface area contributed by atoms with Crippen LogP contribution in [0, 0.1) is 10.1 Å². The molecule has 2 rings (SSSR count). The van der Waals surface area contributed by atoms with Crippen LogP contribution in [-0.2, 0) is 9.05 Å². The van der Waals surface area contributed by atoms with Gasteiger partial charge in [-0.1, -0.05) is 0 Å². The first-order chi connectivity index (χ1) is 8.38. The number of hydrogen-bond donors (Lipinski definition) is 1. The molecule has 8 nitrogen and oxygen atoms in total. The van der Waals surface area contributed by atoms with Gasteiger partial charge in [0.05, 0.1) is 4.92 Å². The van der Waals surface area contributed by atoms with E-state index in [9.17, 15) is 18.5 Å². The molecule has 94 valence electrons. The van der Waals surface area contributed by atoms with Crippen molar-refractivity contribution in [2.75, 3.05) is 0 Å². The van der Waals surface area contributed by atoms with E-state index in [2.05, 4.69) is 15.2 Å². The van der Waals surface area contributed by atoms with Crippen LogP contribution in [0.3, 0.4) is 0 Å². The third-order valence-electron chi connectivity index (χ3n) is 2.03. The van der Waals surface area contributed by atoms with Gasteiger partial charge in [-0.15, -0.1) is 0 Å². The Bertz CT molecular complexity index is 694. The van der Waals surface area contributed by atoms with E-state index in [-0.39, 0.29) is 11.5 Å².